The highest BCUT2D eigenvalue weighted by Crippen LogP contribution is 2.40. The fraction of sp³-hybridized carbons (Fsp3) is 0.310. The number of nitrogens with one attached hydrogen (secondary N) is 5. The summed E-state index contributed by atoms with van der Waals surface area (Å²) in [6.45, 7) is 4.57. The monoisotopic (exact) mass is 862 g/mol. The van der Waals surface area contributed by atoms with Crippen LogP contribution in [0.1, 0.15) is 36.7 Å². The molecule has 1 aromatic heterocycles. The molecule has 0 bridgehead atoms. The van der Waals surface area contributed by atoms with E-state index in [9.17, 15) is 38.4 Å². The van der Waals surface area contributed by atoms with Gasteiger partial charge < -0.3 is 61.0 Å². The lowest BCUT2D eigenvalue weighted by atomic mass is 9.86. The third kappa shape index (κ3) is 11.7. The standard InChI is InChI=1S/C42H50N6O12S/c1-42(2,3)23-17-30(39(59-5)31(18-23)48-61(6,56)57)47-41(55)46-29-13-14-34(27-10-8-7-9-26(27)29)60-25-15-16-43-36(20-25)45-24-11-12-28(35(19-24)58-4)40(54)44-21-32(50)37(52)38(53)33(51)22-49/h7-20,32-33,37-38,48-53H,21-22H2,1-6H3,(H,43,45)(H,44,54)(H2,46,47,55)/t32-,33+,37+,38+/m0/s1. The number of carbonyl (C=O) groups excluding carboxylic acids is 2. The smallest absolute Gasteiger partial charge is 0.323 e. The van der Waals surface area contributed by atoms with Crippen LogP contribution >= 0.6 is 0 Å². The van der Waals surface area contributed by atoms with E-state index in [1.807, 2.05) is 45.0 Å². The predicted molar refractivity (Wildman–Crippen MR) is 231 cm³/mol. The summed E-state index contributed by atoms with van der Waals surface area (Å²) in [5.74, 6) is 0.936. The lowest BCUT2D eigenvalue weighted by molar-refractivity contribution is -0.113. The summed E-state index contributed by atoms with van der Waals surface area (Å²) in [6.07, 6.45) is -4.43. The van der Waals surface area contributed by atoms with E-state index in [-0.39, 0.29) is 28.4 Å². The zero-order chi connectivity index (χ0) is 44.6. The van der Waals surface area contributed by atoms with Crippen LogP contribution in [-0.4, -0.2) is 109 Å². The molecule has 0 saturated heterocycles. The van der Waals surface area contributed by atoms with Gasteiger partial charge in [-0.05, 0) is 53.4 Å². The van der Waals surface area contributed by atoms with Crippen molar-refractivity contribution < 1.29 is 57.8 Å². The molecule has 0 unspecified atom stereocenters. The number of anilines is 5. The number of hydrogen-bond donors (Lipinski definition) is 10. The van der Waals surface area contributed by atoms with Crippen LogP contribution in [0.4, 0.5) is 33.4 Å². The number of methoxy groups -OCH3 is 2. The van der Waals surface area contributed by atoms with Crippen molar-refractivity contribution in [3.05, 3.63) is 96.2 Å². The van der Waals surface area contributed by atoms with E-state index in [1.165, 1.54) is 26.5 Å². The molecular weight excluding hydrogens is 813 g/mol. The van der Waals surface area contributed by atoms with Gasteiger partial charge in [-0.25, -0.2) is 18.2 Å². The highest BCUT2D eigenvalue weighted by atomic mass is 32.2. The van der Waals surface area contributed by atoms with Crippen molar-refractivity contribution >= 4 is 61.3 Å². The molecule has 18 nitrogen and oxygen atoms in total. The maximum Gasteiger partial charge on any atom is 0.323 e. The molecule has 0 aliphatic heterocycles. The highest BCUT2D eigenvalue weighted by Gasteiger charge is 2.30. The van der Waals surface area contributed by atoms with E-state index in [0.29, 0.717) is 39.5 Å². The Morgan fingerprint density at radius 1 is 0.787 bits per heavy atom. The Hall–Kier alpha value is -6.22. The molecule has 19 heteroatoms. The van der Waals surface area contributed by atoms with Crippen molar-refractivity contribution in [3.8, 4) is 23.0 Å². The number of urea groups is 1. The van der Waals surface area contributed by atoms with Crippen molar-refractivity contribution in [2.45, 2.75) is 50.6 Å². The van der Waals surface area contributed by atoms with Gasteiger partial charge in [-0.15, -0.1) is 0 Å². The minimum Gasteiger partial charge on any atom is -0.496 e. The molecule has 4 atom stereocenters. The third-order valence-corrected chi connectivity index (χ3v) is 9.90. The number of pyridine rings is 1. The number of aliphatic hydroxyl groups is 5. The zero-order valence-electron chi connectivity index (χ0n) is 34.3. The van der Waals surface area contributed by atoms with Gasteiger partial charge in [0.2, 0.25) is 10.0 Å². The number of benzene rings is 4. The number of fused-ring (bicyclic) bond motifs is 1. The second-order valence-electron chi connectivity index (χ2n) is 15.0. The molecule has 0 aliphatic rings. The van der Waals surface area contributed by atoms with Crippen LogP contribution in [0.3, 0.4) is 0 Å². The molecule has 4 aromatic carbocycles. The van der Waals surface area contributed by atoms with E-state index in [0.717, 1.165) is 11.8 Å². The molecule has 5 aromatic rings. The third-order valence-electron chi connectivity index (χ3n) is 9.31. The molecule has 1 heterocycles. The Labute approximate surface area is 352 Å². The summed E-state index contributed by atoms with van der Waals surface area (Å²) in [5.41, 5.74) is 1.87. The van der Waals surface area contributed by atoms with Gasteiger partial charge in [-0.2, -0.15) is 0 Å². The number of sulfonamides is 1. The molecule has 0 fully saturated rings. The Bertz CT molecular complexity index is 2480. The average Bonchev–Trinajstić information content (AvgIpc) is 3.21. The number of carbonyl (C=O) groups is 2. The van der Waals surface area contributed by atoms with Gasteiger partial charge in [0.1, 0.15) is 41.4 Å². The van der Waals surface area contributed by atoms with E-state index in [1.54, 1.807) is 48.5 Å². The first-order chi connectivity index (χ1) is 28.8. The number of ether oxygens (including phenoxy) is 3. The SMILES string of the molecule is COc1cc(Nc2cc(Oc3ccc(NC(=O)Nc4cc(C(C)(C)C)cc(NS(C)(=O)=O)c4OC)c4ccccc34)ccn2)ccc1C(=O)NC[C@H](O)[C@@H](O)[C@H](O)[C@H](O)CO. The lowest BCUT2D eigenvalue weighted by Crippen LogP contribution is -2.49. The minimum atomic E-state index is -3.67. The van der Waals surface area contributed by atoms with Gasteiger partial charge >= 0.3 is 6.03 Å². The summed E-state index contributed by atoms with van der Waals surface area (Å²) in [4.78, 5) is 30.8. The molecular formula is C42H50N6O12S. The van der Waals surface area contributed by atoms with Crippen molar-refractivity contribution in [1.29, 1.82) is 0 Å². The maximum absolute atomic E-state index is 13.5. The van der Waals surface area contributed by atoms with Crippen molar-refractivity contribution in [3.63, 3.8) is 0 Å². The first-order valence-electron chi connectivity index (χ1n) is 18.8. The van der Waals surface area contributed by atoms with E-state index >= 15 is 0 Å². The fourth-order valence-corrected chi connectivity index (χ4v) is 6.70. The first kappa shape index (κ1) is 45.9. The largest absolute Gasteiger partial charge is 0.496 e. The second kappa shape index (κ2) is 19.4. The molecule has 0 saturated carbocycles. The van der Waals surface area contributed by atoms with Crippen LogP contribution in [0.5, 0.6) is 23.0 Å². The Kier molecular flexibility index (Phi) is 14.6. The van der Waals surface area contributed by atoms with Gasteiger partial charge in [-0.3, -0.25) is 9.52 Å². The van der Waals surface area contributed by atoms with E-state index in [2.05, 4.69) is 31.0 Å². The van der Waals surface area contributed by atoms with Gasteiger partial charge in [0.25, 0.3) is 5.91 Å². The minimum absolute atomic E-state index is 0.100. The summed E-state index contributed by atoms with van der Waals surface area (Å²) < 4.78 is 44.1. The summed E-state index contributed by atoms with van der Waals surface area (Å²) in [5, 5.41) is 61.2. The van der Waals surface area contributed by atoms with Crippen LogP contribution < -0.4 is 40.2 Å². The van der Waals surface area contributed by atoms with Crippen LogP contribution in [0.15, 0.2) is 85.1 Å². The number of rotatable bonds is 17. The zero-order valence-corrected chi connectivity index (χ0v) is 35.1. The fourth-order valence-electron chi connectivity index (χ4n) is 6.15. The number of aromatic nitrogens is 1. The Morgan fingerprint density at radius 2 is 1.46 bits per heavy atom. The number of hydrogen-bond acceptors (Lipinski definition) is 14. The number of nitrogens with zero attached hydrogens (tertiary/aromatic N) is 1. The lowest BCUT2D eigenvalue weighted by Gasteiger charge is -2.25. The Balaban J connectivity index is 1.30. The average molecular weight is 863 g/mol. The predicted octanol–water partition coefficient (Wildman–Crippen LogP) is 4.27. The molecule has 0 radical (unpaired) electrons. The molecule has 61 heavy (non-hydrogen) atoms. The first-order valence-corrected chi connectivity index (χ1v) is 20.7. The van der Waals surface area contributed by atoms with Gasteiger partial charge in [0.15, 0.2) is 5.75 Å². The summed E-state index contributed by atoms with van der Waals surface area (Å²) >= 11 is 0. The van der Waals surface area contributed by atoms with Crippen LogP contribution in [0.2, 0.25) is 0 Å². The number of aliphatic hydroxyl groups excluding tert-OH is 5. The van der Waals surface area contributed by atoms with E-state index in [4.69, 9.17) is 19.3 Å². The molecule has 326 valence electrons. The quantitative estimate of drug-likeness (QED) is 0.0626. The van der Waals surface area contributed by atoms with E-state index < -0.39 is 64.9 Å². The van der Waals surface area contributed by atoms with Crippen molar-refractivity contribution in [2.24, 2.45) is 0 Å². The summed E-state index contributed by atoms with van der Waals surface area (Å²) in [6, 6.07) is 21.4. The van der Waals surface area contributed by atoms with Crippen molar-refractivity contribution in [1.82, 2.24) is 10.3 Å². The molecule has 5 rings (SSSR count). The van der Waals surface area contributed by atoms with Crippen LogP contribution in [0, 0.1) is 0 Å². The Morgan fingerprint density at radius 3 is 2.11 bits per heavy atom. The molecule has 3 amide bonds. The van der Waals surface area contributed by atoms with Gasteiger partial charge in [0, 0.05) is 41.3 Å². The van der Waals surface area contributed by atoms with Gasteiger partial charge in [0.05, 0.1) is 55.8 Å². The second-order valence-corrected chi connectivity index (χ2v) is 16.7. The topological polar surface area (TPSA) is 270 Å². The highest BCUT2D eigenvalue weighted by molar-refractivity contribution is 7.92. The maximum atomic E-state index is 13.5. The number of amides is 3. The van der Waals surface area contributed by atoms with Crippen molar-refractivity contribution in [2.75, 3.05) is 54.3 Å². The normalized spacial score (nSPS) is 13.6. The van der Waals surface area contributed by atoms with Crippen LogP contribution in [0.25, 0.3) is 10.8 Å². The molecule has 10 N–H and O–H groups in total. The summed E-state index contributed by atoms with van der Waals surface area (Å²) in [7, 11) is -0.923. The van der Waals surface area contributed by atoms with Gasteiger partial charge in [-0.1, -0.05) is 45.0 Å². The molecule has 0 aliphatic carbocycles. The molecule has 0 spiro atoms. The van der Waals surface area contributed by atoms with Crippen LogP contribution in [-0.2, 0) is 15.4 Å².